The Morgan fingerprint density at radius 2 is 1.72 bits per heavy atom. The number of allylic oxidation sites excluding steroid dienone is 2. The molecule has 9 rings (SSSR count). The van der Waals surface area contributed by atoms with Crippen molar-refractivity contribution in [1.82, 2.24) is 30.6 Å². The predicted octanol–water partition coefficient (Wildman–Crippen LogP) is 5.39. The van der Waals surface area contributed by atoms with E-state index >= 15 is 0 Å². The van der Waals surface area contributed by atoms with Gasteiger partial charge in [-0.25, -0.2) is 4.98 Å². The van der Waals surface area contributed by atoms with Crippen LogP contribution < -0.4 is 25.8 Å². The van der Waals surface area contributed by atoms with Crippen molar-refractivity contribution in [2.24, 2.45) is 11.8 Å². The maximum atomic E-state index is 13.1. The van der Waals surface area contributed by atoms with Gasteiger partial charge in [-0.1, -0.05) is 61.7 Å². The van der Waals surface area contributed by atoms with Crippen molar-refractivity contribution in [2.45, 2.75) is 82.8 Å². The number of nitrogens with two attached hydrogens (primary N) is 1. The third kappa shape index (κ3) is 8.30. The number of fused-ring (bicyclic) bond motifs is 7. The molecule has 0 saturated heterocycles. The molecule has 2 aromatic heterocycles. The average molecular weight is 826 g/mol. The van der Waals surface area contributed by atoms with E-state index in [0.29, 0.717) is 88.5 Å². The molecule has 15 nitrogen and oxygen atoms in total. The molecular formula is C46H47N7O8. The largest absolute Gasteiger partial charge is 0.508 e. The molecule has 15 heteroatoms. The topological polar surface area (TPSA) is 224 Å². The van der Waals surface area contributed by atoms with Crippen molar-refractivity contribution >= 4 is 34.7 Å². The van der Waals surface area contributed by atoms with Gasteiger partial charge in [-0.15, -0.1) is 0 Å². The molecular weight excluding hydrogens is 779 g/mol. The number of hydrogen-bond donors (Lipinski definition) is 6. The monoisotopic (exact) mass is 825 g/mol. The Kier molecular flexibility index (Phi) is 11.0. The summed E-state index contributed by atoms with van der Waals surface area (Å²) in [6, 6.07) is 17.8. The van der Waals surface area contributed by atoms with Crippen LogP contribution in [0.1, 0.15) is 90.4 Å². The number of aromatic amines is 1. The van der Waals surface area contributed by atoms with Gasteiger partial charge < -0.3 is 45.8 Å². The lowest BCUT2D eigenvalue weighted by molar-refractivity contribution is -0.172. The number of aryl methyl sites for hydroxylation is 1. The van der Waals surface area contributed by atoms with Crippen LogP contribution in [0.2, 0.25) is 0 Å². The number of carbonyl (C=O) groups is 3. The highest BCUT2D eigenvalue weighted by molar-refractivity contribution is 6.01. The molecule has 314 valence electrons. The first kappa shape index (κ1) is 39.9. The fourth-order valence-electron chi connectivity index (χ4n) is 8.93. The van der Waals surface area contributed by atoms with E-state index in [1.165, 1.54) is 43.5 Å². The molecule has 2 aliphatic heterocycles. The van der Waals surface area contributed by atoms with E-state index in [9.17, 15) is 24.6 Å². The van der Waals surface area contributed by atoms with Crippen molar-refractivity contribution in [3.63, 3.8) is 0 Å². The third-order valence-electron chi connectivity index (χ3n) is 11.9. The molecule has 1 fully saturated rings. The maximum Gasteiger partial charge on any atom is 0.245 e. The Bertz CT molecular complexity index is 2560. The molecule has 2 amide bonds. The van der Waals surface area contributed by atoms with Crippen molar-refractivity contribution in [3.05, 3.63) is 124 Å². The first-order chi connectivity index (χ1) is 29.6. The Balaban J connectivity index is 0.783. The second-order valence-corrected chi connectivity index (χ2v) is 16.2. The van der Waals surface area contributed by atoms with Gasteiger partial charge in [0.1, 0.15) is 40.8 Å². The summed E-state index contributed by atoms with van der Waals surface area (Å²) < 4.78 is 18.5. The highest BCUT2D eigenvalue weighted by Gasteiger charge is 2.56. The van der Waals surface area contributed by atoms with E-state index in [-0.39, 0.29) is 42.3 Å². The van der Waals surface area contributed by atoms with Gasteiger partial charge in [-0.3, -0.25) is 14.4 Å². The molecule has 0 radical (unpaired) electrons. The number of nitrogens with one attached hydrogen (secondary N) is 3. The van der Waals surface area contributed by atoms with Crippen LogP contribution in [0.15, 0.2) is 84.7 Å². The summed E-state index contributed by atoms with van der Waals surface area (Å²) in [5.41, 5.74) is 9.97. The standard InChI is InChI=1S/C46H47N7O8/c47-45-52-42-41(50-38(51-42)7-4-18-48-39(56)20-26-5-2-1-3-6-26)43(53-45)59-25-28-10-8-27(9-11-28)24-49-40(57)21-29-12-15-33-32(19-29)44(58)61-46(33)34-16-13-30(54)22-36(34)60-37-23-31(55)14-17-35(37)46/h8-17,19,22-23,26,34,44,55,58H,1-7,18,20-21,24-25H2,(H,48,56)(H,49,57)(H3,47,50,51,52,53). The molecule has 1 saturated carbocycles. The van der Waals surface area contributed by atoms with Crippen LogP contribution in [0.4, 0.5) is 5.95 Å². The number of aliphatic hydroxyl groups is 1. The third-order valence-corrected chi connectivity index (χ3v) is 11.9. The van der Waals surface area contributed by atoms with E-state index in [1.54, 1.807) is 18.2 Å². The number of aromatic nitrogens is 4. The van der Waals surface area contributed by atoms with Gasteiger partial charge in [-0.05, 0) is 71.7 Å². The fourth-order valence-corrected chi connectivity index (χ4v) is 8.93. The molecule has 7 N–H and O–H groups in total. The number of anilines is 1. The van der Waals surface area contributed by atoms with Crippen molar-refractivity contribution in [1.29, 1.82) is 0 Å². The van der Waals surface area contributed by atoms with Gasteiger partial charge in [-0.2, -0.15) is 9.97 Å². The summed E-state index contributed by atoms with van der Waals surface area (Å²) in [6.07, 6.45) is 11.3. The van der Waals surface area contributed by atoms with Crippen LogP contribution in [0, 0.1) is 11.8 Å². The Morgan fingerprint density at radius 3 is 2.56 bits per heavy atom. The number of ether oxygens (including phenoxy) is 3. The highest BCUT2D eigenvalue weighted by atomic mass is 16.6. The smallest absolute Gasteiger partial charge is 0.245 e. The quantitative estimate of drug-likeness (QED) is 0.0822. The minimum Gasteiger partial charge on any atom is -0.508 e. The first-order valence-corrected chi connectivity index (χ1v) is 20.8. The SMILES string of the molecule is Nc1nc(OCc2ccc(CNC(=O)Cc3ccc4c(c3)C(O)OC43c4ccc(O)cc4OC4=CC(=O)C=CC43)cc2)c2[nH]c(CCCNC(=O)CC3CCCCC3)nc2n1. The minimum atomic E-state index is -1.31. The number of imidazole rings is 1. The van der Waals surface area contributed by atoms with E-state index < -0.39 is 17.8 Å². The number of amides is 2. The normalized spacial score (nSPS) is 20.4. The average Bonchev–Trinajstić information content (AvgIpc) is 3.79. The summed E-state index contributed by atoms with van der Waals surface area (Å²) in [6.45, 7) is 1.08. The lowest BCUT2D eigenvalue weighted by Crippen LogP contribution is -2.42. The summed E-state index contributed by atoms with van der Waals surface area (Å²) in [7, 11) is 0. The van der Waals surface area contributed by atoms with Gasteiger partial charge in [0.2, 0.25) is 23.6 Å². The summed E-state index contributed by atoms with van der Waals surface area (Å²) in [4.78, 5) is 54.2. The Hall–Kier alpha value is -6.58. The van der Waals surface area contributed by atoms with Crippen LogP contribution in [0.3, 0.4) is 0 Å². The number of ketones is 1. The van der Waals surface area contributed by atoms with Crippen molar-refractivity contribution in [2.75, 3.05) is 12.3 Å². The molecule has 4 heterocycles. The summed E-state index contributed by atoms with van der Waals surface area (Å²) in [5.74, 6) is 1.35. The Labute approximate surface area is 351 Å². The number of benzene rings is 3. The second kappa shape index (κ2) is 16.8. The zero-order valence-corrected chi connectivity index (χ0v) is 33.5. The van der Waals surface area contributed by atoms with Crippen molar-refractivity contribution in [3.8, 4) is 17.4 Å². The molecule has 2 aliphatic carbocycles. The van der Waals surface area contributed by atoms with Gasteiger partial charge in [0, 0.05) is 49.2 Å². The molecule has 4 aliphatic rings. The van der Waals surface area contributed by atoms with Gasteiger partial charge in [0.05, 0.1) is 12.3 Å². The number of nitrogens with zero attached hydrogens (tertiary/aromatic N) is 3. The number of aromatic hydroxyl groups is 1. The first-order valence-electron chi connectivity index (χ1n) is 20.8. The molecule has 61 heavy (non-hydrogen) atoms. The number of phenols is 1. The van der Waals surface area contributed by atoms with E-state index in [4.69, 9.17) is 19.9 Å². The lowest BCUT2D eigenvalue weighted by Gasteiger charge is -2.43. The lowest BCUT2D eigenvalue weighted by atomic mass is 9.71. The molecule has 0 bridgehead atoms. The molecule has 1 spiro atoms. The zero-order chi connectivity index (χ0) is 42.1. The molecule has 3 aromatic carbocycles. The minimum absolute atomic E-state index is 0.0125. The van der Waals surface area contributed by atoms with E-state index in [1.807, 2.05) is 36.4 Å². The number of rotatable bonds is 13. The second-order valence-electron chi connectivity index (χ2n) is 16.2. The molecule has 5 aromatic rings. The van der Waals surface area contributed by atoms with Crippen LogP contribution >= 0.6 is 0 Å². The van der Waals surface area contributed by atoms with Crippen molar-refractivity contribution < 1.29 is 38.8 Å². The number of phenolic OH excluding ortho intramolecular Hbond substituents is 1. The van der Waals surface area contributed by atoms with Crippen LogP contribution in [0.25, 0.3) is 11.2 Å². The molecule has 3 unspecified atom stereocenters. The van der Waals surface area contributed by atoms with Gasteiger partial charge >= 0.3 is 0 Å². The predicted molar refractivity (Wildman–Crippen MR) is 223 cm³/mol. The Morgan fingerprint density at radius 1 is 0.934 bits per heavy atom. The van der Waals surface area contributed by atoms with Gasteiger partial charge in [0.25, 0.3) is 0 Å². The number of nitrogen functional groups attached to an aromatic ring is 1. The highest BCUT2D eigenvalue weighted by Crippen LogP contribution is 2.59. The fraction of sp³-hybridized carbons (Fsp3) is 0.348. The summed E-state index contributed by atoms with van der Waals surface area (Å²) >= 11 is 0. The van der Waals surface area contributed by atoms with Crippen LogP contribution in [-0.4, -0.2) is 54.3 Å². The zero-order valence-electron chi connectivity index (χ0n) is 33.5. The van der Waals surface area contributed by atoms with E-state index in [2.05, 4.69) is 30.6 Å². The van der Waals surface area contributed by atoms with Crippen LogP contribution in [0.5, 0.6) is 17.4 Å². The number of hydrogen-bond acceptors (Lipinski definition) is 12. The van der Waals surface area contributed by atoms with Crippen LogP contribution in [-0.2, 0) is 50.7 Å². The number of aliphatic hydroxyl groups excluding tert-OH is 1. The van der Waals surface area contributed by atoms with Gasteiger partial charge in [0.15, 0.2) is 17.7 Å². The summed E-state index contributed by atoms with van der Waals surface area (Å²) in [5, 5.41) is 27.5. The molecule has 3 atom stereocenters. The number of carbonyl (C=O) groups excluding carboxylic acids is 3. The maximum absolute atomic E-state index is 13.1. The number of H-pyrrole nitrogens is 1. The van der Waals surface area contributed by atoms with E-state index in [0.717, 1.165) is 30.4 Å².